The van der Waals surface area contributed by atoms with Crippen LogP contribution in [0.5, 0.6) is 0 Å². The third-order valence-electron chi connectivity index (χ3n) is 5.38. The van der Waals surface area contributed by atoms with Crippen LogP contribution in [0, 0.1) is 0 Å². The number of halogens is 18. The van der Waals surface area contributed by atoms with E-state index >= 15 is 0 Å². The molecule has 0 heterocycles. The van der Waals surface area contributed by atoms with Crippen LogP contribution >= 0.6 is 0 Å². The Kier molecular flexibility index (Phi) is 13.5. The lowest BCUT2D eigenvalue weighted by molar-refractivity contribution is -0.399. The van der Waals surface area contributed by atoms with Gasteiger partial charge in [-0.2, -0.15) is 87.4 Å². The van der Waals surface area contributed by atoms with Gasteiger partial charge in [-0.3, -0.25) is 4.55 Å². The van der Waals surface area contributed by atoms with Crippen molar-refractivity contribution in [3.63, 3.8) is 0 Å². The summed E-state index contributed by atoms with van der Waals surface area (Å²) in [6.45, 7) is -6.24. The number of rotatable bonds is 18. The lowest BCUT2D eigenvalue weighted by atomic mass is 10.0. The molecule has 0 saturated heterocycles. The molecule has 0 radical (unpaired) electrons. The van der Waals surface area contributed by atoms with E-state index in [1.54, 1.807) is 5.32 Å². The largest absolute Gasteiger partial charge is 0.460 e. The SMILES string of the molecule is CC(COC(=O)NCCCS(=O)(=O)O)(OCCC(F)(F)C(F)(F)C(F)(F)C(F)(F)F)OCCC(F)(F)C(F)(F)C(F)(F)C(F)(F)F. The third-order valence-corrected chi connectivity index (χ3v) is 6.18. The highest BCUT2D eigenvalue weighted by molar-refractivity contribution is 7.85. The van der Waals surface area contributed by atoms with Gasteiger partial charge >= 0.3 is 54.0 Å². The molecule has 0 aromatic carbocycles. The molecule has 2 N–H and O–H groups in total. The van der Waals surface area contributed by atoms with Gasteiger partial charge in [0.25, 0.3) is 10.1 Å². The Balaban J connectivity index is 5.87. The molecule has 0 atom stereocenters. The highest BCUT2D eigenvalue weighted by Crippen LogP contribution is 2.55. The van der Waals surface area contributed by atoms with Crippen LogP contribution in [0.25, 0.3) is 0 Å². The maximum Gasteiger partial charge on any atom is 0.460 e. The summed E-state index contributed by atoms with van der Waals surface area (Å²) in [4.78, 5) is 11.7. The van der Waals surface area contributed by atoms with E-state index in [1.165, 1.54) is 0 Å². The molecule has 0 rings (SSSR count). The molecule has 0 aliphatic carbocycles. The van der Waals surface area contributed by atoms with Crippen LogP contribution < -0.4 is 5.32 Å². The second-order valence-corrected chi connectivity index (χ2v) is 10.7. The van der Waals surface area contributed by atoms with Crippen LogP contribution in [0.1, 0.15) is 26.2 Å². The normalized spacial score (nSPS) is 15.2. The minimum Gasteiger partial charge on any atom is -0.444 e. The van der Waals surface area contributed by atoms with Crippen molar-refractivity contribution in [1.82, 2.24) is 5.32 Å². The van der Waals surface area contributed by atoms with Gasteiger partial charge in [0.2, 0.25) is 0 Å². The van der Waals surface area contributed by atoms with Crippen molar-refractivity contribution in [2.45, 2.75) is 79.9 Å². The molecule has 0 aromatic rings. The molecule has 27 heteroatoms. The van der Waals surface area contributed by atoms with Crippen molar-refractivity contribution in [2.75, 3.05) is 32.1 Å². The summed E-state index contributed by atoms with van der Waals surface area (Å²) >= 11 is 0. The molecule has 0 spiro atoms. The predicted octanol–water partition coefficient (Wildman–Crippen LogP) is 6.46. The van der Waals surface area contributed by atoms with Crippen molar-refractivity contribution in [3.05, 3.63) is 0 Å². The van der Waals surface area contributed by atoms with Gasteiger partial charge in [0.05, 0.1) is 19.0 Å². The van der Waals surface area contributed by atoms with Crippen LogP contribution in [0.4, 0.5) is 83.8 Å². The van der Waals surface area contributed by atoms with Crippen LogP contribution in [0.2, 0.25) is 0 Å². The van der Waals surface area contributed by atoms with Gasteiger partial charge < -0.3 is 19.5 Å². The Morgan fingerprint density at radius 3 is 1.30 bits per heavy atom. The number of amides is 1. The minimum absolute atomic E-state index is 0.291. The highest BCUT2D eigenvalue weighted by atomic mass is 32.2. The van der Waals surface area contributed by atoms with Crippen LogP contribution in [-0.4, -0.2) is 105 Å². The first-order chi connectivity index (χ1) is 20.0. The lowest BCUT2D eigenvalue weighted by Gasteiger charge is -2.36. The number of alkyl carbamates (subject to hydrolysis) is 1. The van der Waals surface area contributed by atoms with E-state index in [9.17, 15) is 92.2 Å². The van der Waals surface area contributed by atoms with E-state index in [-0.39, 0.29) is 0 Å². The second kappa shape index (κ2) is 14.1. The average Bonchev–Trinajstić information content (AvgIpc) is 2.82. The average molecular weight is 749 g/mol. The number of nitrogens with one attached hydrogen (secondary N) is 1. The lowest BCUT2D eigenvalue weighted by Crippen LogP contribution is -2.61. The van der Waals surface area contributed by atoms with Crippen molar-refractivity contribution >= 4 is 16.2 Å². The fourth-order valence-electron chi connectivity index (χ4n) is 2.74. The fraction of sp³-hybridized carbons (Fsp3) is 0.947. The summed E-state index contributed by atoms with van der Waals surface area (Å²) in [6.07, 6.45) is -22.2. The monoisotopic (exact) mass is 749 g/mol. The Morgan fingerprint density at radius 1 is 0.652 bits per heavy atom. The molecule has 0 aliphatic heterocycles. The highest BCUT2D eigenvalue weighted by Gasteiger charge is 2.82. The zero-order valence-electron chi connectivity index (χ0n) is 22.3. The van der Waals surface area contributed by atoms with E-state index in [2.05, 4.69) is 14.2 Å². The van der Waals surface area contributed by atoms with Gasteiger partial charge in [-0.05, 0) is 13.3 Å². The van der Waals surface area contributed by atoms with Crippen LogP contribution in [0.15, 0.2) is 0 Å². The van der Waals surface area contributed by atoms with Crippen molar-refractivity contribution < 1.29 is 111 Å². The first kappa shape index (κ1) is 43.8. The van der Waals surface area contributed by atoms with Gasteiger partial charge in [0.1, 0.15) is 6.61 Å². The van der Waals surface area contributed by atoms with Gasteiger partial charge in [-0.25, -0.2) is 4.79 Å². The Hall–Kier alpha value is -2.16. The zero-order chi connectivity index (χ0) is 37.1. The molecular weight excluding hydrogens is 728 g/mol. The molecule has 276 valence electrons. The van der Waals surface area contributed by atoms with Gasteiger partial charge in [0.15, 0.2) is 5.79 Å². The summed E-state index contributed by atoms with van der Waals surface area (Å²) in [5.41, 5.74) is 0. The van der Waals surface area contributed by atoms with Gasteiger partial charge in [0, 0.05) is 19.4 Å². The Labute approximate surface area is 245 Å². The summed E-state index contributed by atoms with van der Waals surface area (Å²) in [6, 6.07) is 0. The number of carbonyl (C=O) groups is 1. The van der Waals surface area contributed by atoms with Gasteiger partial charge in [-0.1, -0.05) is 0 Å². The van der Waals surface area contributed by atoms with Crippen molar-refractivity contribution in [3.8, 4) is 0 Å². The Morgan fingerprint density at radius 2 is 1.00 bits per heavy atom. The maximum atomic E-state index is 13.8. The summed E-state index contributed by atoms with van der Waals surface area (Å²) in [5, 5.41) is 1.72. The molecule has 8 nitrogen and oxygen atoms in total. The van der Waals surface area contributed by atoms with E-state index < -0.39 is 121 Å². The smallest absolute Gasteiger partial charge is 0.444 e. The van der Waals surface area contributed by atoms with Crippen LogP contribution in [0.3, 0.4) is 0 Å². The third kappa shape index (κ3) is 10.4. The topological polar surface area (TPSA) is 111 Å². The van der Waals surface area contributed by atoms with Gasteiger partial charge in [-0.15, -0.1) is 0 Å². The van der Waals surface area contributed by atoms with E-state index in [0.29, 0.717) is 6.92 Å². The molecule has 0 bridgehead atoms. The summed E-state index contributed by atoms with van der Waals surface area (Å²) in [7, 11) is -4.54. The molecule has 0 aliphatic rings. The molecule has 0 saturated carbocycles. The first-order valence-corrected chi connectivity index (χ1v) is 13.2. The molecule has 0 fully saturated rings. The van der Waals surface area contributed by atoms with Crippen molar-refractivity contribution in [1.29, 1.82) is 0 Å². The molecular formula is C19H21F18NO7S. The second-order valence-electron chi connectivity index (χ2n) is 9.18. The summed E-state index contributed by atoms with van der Waals surface area (Å²) < 4.78 is 277. The van der Waals surface area contributed by atoms with Crippen LogP contribution in [-0.2, 0) is 24.3 Å². The number of hydrogen-bond acceptors (Lipinski definition) is 6. The number of hydrogen-bond donors (Lipinski definition) is 2. The van der Waals surface area contributed by atoms with Crippen molar-refractivity contribution in [2.24, 2.45) is 0 Å². The predicted molar refractivity (Wildman–Crippen MR) is 112 cm³/mol. The standard InChI is InChI=1S/C19H21F18NO7S/c1-11(9-43-10(39)38-5-2-8-46(40,41)42,44-6-3-12(20,21)14(24,25)16(28,29)18(32,33)34)45-7-4-13(22,23)15(26,27)17(30,31)19(35,36)37/h2-9H2,1H3,(H,38,39)(H,40,41,42). The molecule has 1 amide bonds. The summed E-state index contributed by atoms with van der Waals surface area (Å²) in [5.74, 6) is -45.8. The maximum absolute atomic E-state index is 13.8. The number of carbonyl (C=O) groups excluding carboxylic acids is 1. The quantitative estimate of drug-likeness (QED) is 0.0717. The van der Waals surface area contributed by atoms with E-state index in [4.69, 9.17) is 4.55 Å². The zero-order valence-corrected chi connectivity index (χ0v) is 23.1. The molecule has 0 unspecified atom stereocenters. The number of ether oxygens (including phenoxy) is 3. The number of alkyl halides is 18. The molecule has 46 heavy (non-hydrogen) atoms. The molecule has 0 aromatic heterocycles. The van der Waals surface area contributed by atoms with E-state index in [1.807, 2.05) is 0 Å². The van der Waals surface area contributed by atoms with E-state index in [0.717, 1.165) is 0 Å². The first-order valence-electron chi connectivity index (χ1n) is 11.6. The fourth-order valence-corrected chi connectivity index (χ4v) is 3.25. The minimum atomic E-state index is -7.35. The Bertz CT molecular complexity index is 1070.